The second-order valence-corrected chi connectivity index (χ2v) is 11.7. The molecule has 2 fully saturated rings. The fourth-order valence-electron chi connectivity index (χ4n) is 5.83. The largest absolute Gasteiger partial charge is 0.396 e. The summed E-state index contributed by atoms with van der Waals surface area (Å²) in [6.07, 6.45) is 5.81. The molecule has 4 rings (SSSR count). The van der Waals surface area contributed by atoms with Gasteiger partial charge in [-0.15, -0.1) is 0 Å². The number of fused-ring (bicyclic) bond motifs is 1. The highest BCUT2D eigenvalue weighted by Crippen LogP contribution is 2.51. The molecule has 0 bridgehead atoms. The Kier molecular flexibility index (Phi) is 6.89. The lowest BCUT2D eigenvalue weighted by molar-refractivity contribution is -0.000205. The molecular weight excluding hydrogens is 418 g/mol. The van der Waals surface area contributed by atoms with Gasteiger partial charge in [0.25, 0.3) is 0 Å². The third kappa shape index (κ3) is 4.70. The van der Waals surface area contributed by atoms with Crippen molar-refractivity contribution in [1.29, 1.82) is 0 Å². The number of hydrogen-bond acceptors (Lipinski definition) is 3. The van der Waals surface area contributed by atoms with Crippen LogP contribution in [0.2, 0.25) is 0 Å². The van der Waals surface area contributed by atoms with E-state index in [-0.39, 0.29) is 12.0 Å². The van der Waals surface area contributed by atoms with Gasteiger partial charge in [-0.25, -0.2) is 8.42 Å². The van der Waals surface area contributed by atoms with Gasteiger partial charge in [-0.1, -0.05) is 54.6 Å². The molecule has 0 aromatic heterocycles. The molecule has 1 saturated heterocycles. The van der Waals surface area contributed by atoms with Gasteiger partial charge in [-0.2, -0.15) is 4.31 Å². The molecule has 1 aliphatic heterocycles. The van der Waals surface area contributed by atoms with Crippen molar-refractivity contribution in [2.45, 2.75) is 50.3 Å². The number of rotatable bonds is 7. The van der Waals surface area contributed by atoms with Gasteiger partial charge in [0, 0.05) is 19.7 Å². The smallest absolute Gasteiger partial charge is 0.243 e. The molecule has 1 saturated carbocycles. The summed E-state index contributed by atoms with van der Waals surface area (Å²) in [7, 11) is -3.55. The first-order chi connectivity index (χ1) is 15.3. The van der Waals surface area contributed by atoms with Crippen LogP contribution in [0.1, 0.15) is 50.2 Å². The molecule has 2 aliphatic rings. The van der Waals surface area contributed by atoms with Crippen molar-refractivity contribution in [3.63, 3.8) is 0 Å². The van der Waals surface area contributed by atoms with Crippen LogP contribution < -0.4 is 0 Å². The number of nitrogens with zero attached hydrogens (tertiary/aromatic N) is 1. The molecule has 2 aromatic rings. The zero-order chi connectivity index (χ0) is 22.8. The summed E-state index contributed by atoms with van der Waals surface area (Å²) in [5.41, 5.74) is 3.13. The van der Waals surface area contributed by atoms with Gasteiger partial charge < -0.3 is 5.11 Å². The van der Waals surface area contributed by atoms with Crippen LogP contribution in [0.25, 0.3) is 5.57 Å². The topological polar surface area (TPSA) is 57.6 Å². The van der Waals surface area contributed by atoms with Crippen LogP contribution in [-0.4, -0.2) is 37.5 Å². The SMILES string of the molecule is C=C(C)c1ccc(S(=O)(=O)N2CC[C@H]3C[C@@H](CCO)CC[C@]3(Cc3ccccc3)C2)cc1. The second-order valence-electron chi connectivity index (χ2n) is 9.81. The standard InChI is InChI=1S/C27H35NO3S/c1-21(2)24-8-10-26(11-9-24)32(30,31)28-16-13-25-18-22(14-17-29)12-15-27(25,20-28)19-23-6-4-3-5-7-23/h3-11,22,25,29H,1,12-20H2,2H3/t22-,25+,27+/m1/s1. The Bertz CT molecular complexity index is 1030. The molecule has 3 atom stereocenters. The van der Waals surface area contributed by atoms with E-state index >= 15 is 0 Å². The zero-order valence-corrected chi connectivity index (χ0v) is 19.9. The van der Waals surface area contributed by atoms with Crippen molar-refractivity contribution < 1.29 is 13.5 Å². The number of aliphatic hydroxyl groups excluding tert-OH is 1. The minimum atomic E-state index is -3.55. The molecule has 0 unspecified atom stereocenters. The van der Waals surface area contributed by atoms with Crippen LogP contribution in [0.15, 0.2) is 66.1 Å². The Morgan fingerprint density at radius 3 is 2.50 bits per heavy atom. The molecule has 1 aliphatic carbocycles. The van der Waals surface area contributed by atoms with E-state index < -0.39 is 10.0 Å². The van der Waals surface area contributed by atoms with Crippen molar-refractivity contribution in [3.05, 3.63) is 72.3 Å². The van der Waals surface area contributed by atoms with E-state index in [0.717, 1.165) is 49.7 Å². The minimum Gasteiger partial charge on any atom is -0.396 e. The molecule has 1 N–H and O–H groups in total. The third-order valence-electron chi connectivity index (χ3n) is 7.67. The highest BCUT2D eigenvalue weighted by Gasteiger charge is 2.49. The molecular formula is C27H35NO3S. The molecule has 2 aromatic carbocycles. The van der Waals surface area contributed by atoms with E-state index in [9.17, 15) is 13.5 Å². The van der Waals surface area contributed by atoms with E-state index in [4.69, 9.17) is 0 Å². The fourth-order valence-corrected chi connectivity index (χ4v) is 7.38. The first-order valence-corrected chi connectivity index (χ1v) is 13.2. The Labute approximate surface area is 193 Å². The van der Waals surface area contributed by atoms with Crippen LogP contribution >= 0.6 is 0 Å². The van der Waals surface area contributed by atoms with Crippen LogP contribution in [0.4, 0.5) is 0 Å². The first-order valence-electron chi connectivity index (χ1n) is 11.7. The van der Waals surface area contributed by atoms with E-state index in [1.165, 1.54) is 5.56 Å². The van der Waals surface area contributed by atoms with Gasteiger partial charge in [0.05, 0.1) is 4.90 Å². The third-order valence-corrected chi connectivity index (χ3v) is 9.53. The molecule has 0 amide bonds. The Balaban J connectivity index is 1.61. The van der Waals surface area contributed by atoms with E-state index in [1.807, 2.05) is 25.1 Å². The van der Waals surface area contributed by atoms with Crippen LogP contribution in [0, 0.1) is 17.3 Å². The number of hydrogen-bond donors (Lipinski definition) is 1. The summed E-state index contributed by atoms with van der Waals surface area (Å²) in [5.74, 6) is 1.04. The van der Waals surface area contributed by atoms with E-state index in [1.54, 1.807) is 16.4 Å². The van der Waals surface area contributed by atoms with Gasteiger partial charge in [0.1, 0.15) is 0 Å². The van der Waals surface area contributed by atoms with Crippen molar-refractivity contribution >= 4 is 15.6 Å². The van der Waals surface area contributed by atoms with Crippen LogP contribution in [0.5, 0.6) is 0 Å². The molecule has 1 heterocycles. The Hall–Kier alpha value is -1.95. The van der Waals surface area contributed by atoms with Crippen molar-refractivity contribution in [2.24, 2.45) is 17.3 Å². The van der Waals surface area contributed by atoms with Gasteiger partial charge >= 0.3 is 0 Å². The van der Waals surface area contributed by atoms with Crippen molar-refractivity contribution in [1.82, 2.24) is 4.31 Å². The van der Waals surface area contributed by atoms with Gasteiger partial charge in [-0.3, -0.25) is 0 Å². The minimum absolute atomic E-state index is 0.0454. The first kappa shape index (κ1) is 23.2. The molecule has 5 heteroatoms. The molecule has 172 valence electrons. The number of allylic oxidation sites excluding steroid dienone is 1. The summed E-state index contributed by atoms with van der Waals surface area (Å²) in [4.78, 5) is 0.366. The molecule has 0 radical (unpaired) electrons. The predicted molar refractivity (Wildman–Crippen MR) is 130 cm³/mol. The lowest BCUT2D eigenvalue weighted by Crippen LogP contribution is -2.54. The van der Waals surface area contributed by atoms with E-state index in [0.29, 0.717) is 29.8 Å². The Morgan fingerprint density at radius 2 is 1.84 bits per heavy atom. The Morgan fingerprint density at radius 1 is 1.12 bits per heavy atom. The van der Waals surface area contributed by atoms with Gasteiger partial charge in [0.15, 0.2) is 0 Å². The highest BCUT2D eigenvalue weighted by molar-refractivity contribution is 7.89. The zero-order valence-electron chi connectivity index (χ0n) is 19.0. The van der Waals surface area contributed by atoms with Crippen molar-refractivity contribution in [3.8, 4) is 0 Å². The normalized spacial score (nSPS) is 26.4. The monoisotopic (exact) mass is 453 g/mol. The maximum absolute atomic E-state index is 13.6. The summed E-state index contributed by atoms with van der Waals surface area (Å²) in [5, 5.41) is 9.45. The number of aliphatic hydroxyl groups is 1. The second kappa shape index (κ2) is 9.50. The summed E-state index contributed by atoms with van der Waals surface area (Å²) in [6.45, 7) is 7.25. The number of piperidine rings is 1. The summed E-state index contributed by atoms with van der Waals surface area (Å²) >= 11 is 0. The summed E-state index contributed by atoms with van der Waals surface area (Å²) in [6, 6.07) is 17.6. The average Bonchev–Trinajstić information content (AvgIpc) is 2.80. The lowest BCUT2D eigenvalue weighted by Gasteiger charge is -2.52. The summed E-state index contributed by atoms with van der Waals surface area (Å²) < 4.78 is 28.9. The molecule has 4 nitrogen and oxygen atoms in total. The molecule has 32 heavy (non-hydrogen) atoms. The molecule has 0 spiro atoms. The quantitative estimate of drug-likeness (QED) is 0.631. The maximum Gasteiger partial charge on any atom is 0.243 e. The van der Waals surface area contributed by atoms with Gasteiger partial charge in [-0.05, 0) is 86.0 Å². The highest BCUT2D eigenvalue weighted by atomic mass is 32.2. The number of sulfonamides is 1. The lowest BCUT2D eigenvalue weighted by atomic mass is 9.58. The average molecular weight is 454 g/mol. The van der Waals surface area contributed by atoms with Crippen LogP contribution in [-0.2, 0) is 16.4 Å². The fraction of sp³-hybridized carbons (Fsp3) is 0.481. The van der Waals surface area contributed by atoms with Crippen LogP contribution in [0.3, 0.4) is 0 Å². The maximum atomic E-state index is 13.6. The van der Waals surface area contributed by atoms with Crippen molar-refractivity contribution in [2.75, 3.05) is 19.7 Å². The van der Waals surface area contributed by atoms with E-state index in [2.05, 4.69) is 30.8 Å². The number of benzene rings is 2. The predicted octanol–water partition coefficient (Wildman–Crippen LogP) is 5.14. The van der Waals surface area contributed by atoms with Gasteiger partial charge in [0.2, 0.25) is 10.0 Å².